The third kappa shape index (κ3) is 8.40. The third-order valence-electron chi connectivity index (χ3n) is 4.41. The summed E-state index contributed by atoms with van der Waals surface area (Å²) in [7, 11) is 1.99. The van der Waals surface area contributed by atoms with Crippen molar-refractivity contribution >= 4 is 29.9 Å². The molecule has 1 rings (SSSR count). The van der Waals surface area contributed by atoms with Gasteiger partial charge in [-0.25, -0.2) is 0 Å². The lowest BCUT2D eigenvalue weighted by molar-refractivity contribution is 0.253. The highest BCUT2D eigenvalue weighted by Gasteiger charge is 2.10. The lowest BCUT2D eigenvalue weighted by Gasteiger charge is -2.15. The first kappa shape index (κ1) is 24.2. The topological polar surface area (TPSA) is 74.5 Å². The molecule has 3 N–H and O–H groups in total. The number of aliphatic imine (C=N–C) groups is 1. The molecule has 1 unspecified atom stereocenters. The summed E-state index contributed by atoms with van der Waals surface area (Å²) in [4.78, 5) is 4.69. The molecule has 146 valence electrons. The van der Waals surface area contributed by atoms with Crippen LogP contribution in [0.25, 0.3) is 0 Å². The number of aryl methyl sites for hydroxylation is 2. The number of nitrogens with zero attached hydrogens (tertiary/aromatic N) is 3. The van der Waals surface area contributed by atoms with Crippen LogP contribution in [0.2, 0.25) is 0 Å². The predicted molar refractivity (Wildman–Crippen MR) is 116 cm³/mol. The van der Waals surface area contributed by atoms with Crippen molar-refractivity contribution in [2.45, 2.75) is 53.4 Å². The maximum absolute atomic E-state index is 9.17. The zero-order chi connectivity index (χ0) is 17.9. The van der Waals surface area contributed by atoms with E-state index in [0.29, 0.717) is 5.92 Å². The van der Waals surface area contributed by atoms with Crippen molar-refractivity contribution in [3.8, 4) is 0 Å². The average Bonchev–Trinajstić information content (AvgIpc) is 2.78. The Kier molecular flexibility index (Phi) is 12.9. The van der Waals surface area contributed by atoms with Crippen molar-refractivity contribution in [1.29, 1.82) is 0 Å². The van der Waals surface area contributed by atoms with Crippen LogP contribution in [0.15, 0.2) is 4.99 Å². The maximum atomic E-state index is 9.17. The molecule has 1 aromatic heterocycles. The monoisotopic (exact) mass is 465 g/mol. The molecule has 25 heavy (non-hydrogen) atoms. The Balaban J connectivity index is 0.00000576. The first-order valence-corrected chi connectivity index (χ1v) is 9.15. The van der Waals surface area contributed by atoms with E-state index in [1.807, 2.05) is 11.7 Å². The van der Waals surface area contributed by atoms with Gasteiger partial charge in [0, 0.05) is 39.0 Å². The van der Waals surface area contributed by atoms with Crippen LogP contribution in [0.5, 0.6) is 0 Å². The molecule has 1 atom stereocenters. The van der Waals surface area contributed by atoms with Gasteiger partial charge >= 0.3 is 0 Å². The molecule has 0 aliphatic heterocycles. The molecule has 0 spiro atoms. The standard InChI is InChI=1S/C18H35N5O.HI/c1-6-8-16(10-12-24)13-21-18(19-7-2)20-11-9-17-14(3)22-23(5)15(17)4;/h16,24H,6-13H2,1-5H3,(H2,19,20,21);1H. The maximum Gasteiger partial charge on any atom is 0.191 e. The molecule has 0 aliphatic carbocycles. The Morgan fingerprint density at radius 2 is 1.96 bits per heavy atom. The SMILES string of the molecule is CCCC(CCO)CN=C(NCC)NCCc1c(C)nn(C)c1C.I. The number of rotatable bonds is 10. The Morgan fingerprint density at radius 1 is 1.24 bits per heavy atom. The van der Waals surface area contributed by atoms with Crippen molar-refractivity contribution in [2.24, 2.45) is 18.0 Å². The van der Waals surface area contributed by atoms with Crippen LogP contribution >= 0.6 is 24.0 Å². The first-order valence-electron chi connectivity index (χ1n) is 9.15. The Bertz CT molecular complexity index is 510. The van der Waals surface area contributed by atoms with E-state index in [2.05, 4.69) is 43.4 Å². The highest BCUT2D eigenvalue weighted by Crippen LogP contribution is 2.12. The summed E-state index contributed by atoms with van der Waals surface area (Å²) in [5, 5.41) is 20.3. The van der Waals surface area contributed by atoms with Crippen molar-refractivity contribution in [3.05, 3.63) is 17.0 Å². The lowest BCUT2D eigenvalue weighted by atomic mass is 10.0. The number of aliphatic hydroxyl groups is 1. The van der Waals surface area contributed by atoms with Crippen LogP contribution in [-0.4, -0.2) is 47.1 Å². The Morgan fingerprint density at radius 3 is 2.48 bits per heavy atom. The minimum atomic E-state index is 0. The minimum absolute atomic E-state index is 0. The third-order valence-corrected chi connectivity index (χ3v) is 4.41. The van der Waals surface area contributed by atoms with Gasteiger partial charge in [-0.2, -0.15) is 5.10 Å². The number of aliphatic hydroxyl groups excluding tert-OH is 1. The van der Waals surface area contributed by atoms with Gasteiger partial charge in [-0.05, 0) is 51.5 Å². The van der Waals surface area contributed by atoms with Crippen LogP contribution in [0.1, 0.15) is 50.1 Å². The molecule has 0 aliphatic rings. The molecule has 0 radical (unpaired) electrons. The molecule has 1 aromatic rings. The van der Waals surface area contributed by atoms with Crippen LogP contribution in [-0.2, 0) is 13.5 Å². The molecule has 0 saturated carbocycles. The van der Waals surface area contributed by atoms with E-state index in [0.717, 1.165) is 57.0 Å². The molecule has 0 bridgehead atoms. The van der Waals surface area contributed by atoms with Crippen molar-refractivity contribution in [3.63, 3.8) is 0 Å². The second-order valence-corrected chi connectivity index (χ2v) is 6.34. The van der Waals surface area contributed by atoms with E-state index in [9.17, 15) is 0 Å². The fourth-order valence-corrected chi connectivity index (χ4v) is 2.97. The van der Waals surface area contributed by atoms with Gasteiger partial charge in [-0.15, -0.1) is 24.0 Å². The van der Waals surface area contributed by atoms with Crippen molar-refractivity contribution in [1.82, 2.24) is 20.4 Å². The number of halogens is 1. The van der Waals surface area contributed by atoms with Gasteiger partial charge in [0.1, 0.15) is 0 Å². The number of nitrogens with one attached hydrogen (secondary N) is 2. The van der Waals surface area contributed by atoms with Gasteiger partial charge in [-0.1, -0.05) is 13.3 Å². The van der Waals surface area contributed by atoms with E-state index in [4.69, 9.17) is 10.1 Å². The van der Waals surface area contributed by atoms with Gasteiger partial charge < -0.3 is 15.7 Å². The zero-order valence-electron chi connectivity index (χ0n) is 16.4. The van der Waals surface area contributed by atoms with Crippen molar-refractivity contribution < 1.29 is 5.11 Å². The number of aromatic nitrogens is 2. The molecular weight excluding hydrogens is 429 g/mol. The summed E-state index contributed by atoms with van der Waals surface area (Å²) in [6, 6.07) is 0. The van der Waals surface area contributed by atoms with Crippen LogP contribution in [0, 0.1) is 19.8 Å². The number of hydrogen-bond acceptors (Lipinski definition) is 3. The summed E-state index contributed by atoms with van der Waals surface area (Å²) < 4.78 is 1.94. The normalized spacial score (nSPS) is 12.6. The second kappa shape index (κ2) is 13.4. The van der Waals surface area contributed by atoms with Crippen LogP contribution < -0.4 is 10.6 Å². The van der Waals surface area contributed by atoms with E-state index in [1.165, 1.54) is 11.3 Å². The van der Waals surface area contributed by atoms with Gasteiger partial charge in [0.15, 0.2) is 5.96 Å². The summed E-state index contributed by atoms with van der Waals surface area (Å²) >= 11 is 0. The summed E-state index contributed by atoms with van der Waals surface area (Å²) in [5.41, 5.74) is 3.64. The summed E-state index contributed by atoms with van der Waals surface area (Å²) in [5.74, 6) is 1.31. The number of hydrogen-bond donors (Lipinski definition) is 3. The average molecular weight is 465 g/mol. The summed E-state index contributed by atoms with van der Waals surface area (Å²) in [6.07, 6.45) is 4.00. The molecule has 0 fully saturated rings. The fourth-order valence-electron chi connectivity index (χ4n) is 2.97. The van der Waals surface area contributed by atoms with E-state index in [-0.39, 0.29) is 30.6 Å². The molecule has 0 saturated heterocycles. The highest BCUT2D eigenvalue weighted by atomic mass is 127. The van der Waals surface area contributed by atoms with Crippen molar-refractivity contribution in [2.75, 3.05) is 26.2 Å². The smallest absolute Gasteiger partial charge is 0.191 e. The molecular formula is C18H36IN5O. The molecule has 0 amide bonds. The Labute approximate surface area is 169 Å². The molecule has 0 aromatic carbocycles. The largest absolute Gasteiger partial charge is 0.396 e. The molecule has 7 heteroatoms. The predicted octanol–water partition coefficient (Wildman–Crippen LogP) is 2.55. The quantitative estimate of drug-likeness (QED) is 0.282. The second-order valence-electron chi connectivity index (χ2n) is 6.34. The van der Waals surface area contributed by atoms with Gasteiger partial charge in [0.25, 0.3) is 0 Å². The van der Waals surface area contributed by atoms with Crippen LogP contribution in [0.4, 0.5) is 0 Å². The first-order chi connectivity index (χ1) is 11.5. The van der Waals surface area contributed by atoms with Gasteiger partial charge in [-0.3, -0.25) is 9.67 Å². The summed E-state index contributed by atoms with van der Waals surface area (Å²) in [6.45, 7) is 11.1. The lowest BCUT2D eigenvalue weighted by Crippen LogP contribution is -2.38. The highest BCUT2D eigenvalue weighted by molar-refractivity contribution is 14.0. The fraction of sp³-hybridized carbons (Fsp3) is 0.778. The van der Waals surface area contributed by atoms with Gasteiger partial charge in [0.2, 0.25) is 0 Å². The zero-order valence-corrected chi connectivity index (χ0v) is 18.8. The minimum Gasteiger partial charge on any atom is -0.396 e. The Hall–Kier alpha value is -0.830. The molecule has 1 heterocycles. The van der Waals surface area contributed by atoms with E-state index < -0.39 is 0 Å². The van der Waals surface area contributed by atoms with E-state index in [1.54, 1.807) is 0 Å². The van der Waals surface area contributed by atoms with Crippen LogP contribution in [0.3, 0.4) is 0 Å². The van der Waals surface area contributed by atoms with Gasteiger partial charge in [0.05, 0.1) is 5.69 Å². The van der Waals surface area contributed by atoms with E-state index >= 15 is 0 Å². The number of guanidine groups is 1. The molecule has 6 nitrogen and oxygen atoms in total.